The summed E-state index contributed by atoms with van der Waals surface area (Å²) >= 11 is 0. The van der Waals surface area contributed by atoms with Crippen LogP contribution in [0.5, 0.6) is 17.2 Å². The number of benzene rings is 2. The summed E-state index contributed by atoms with van der Waals surface area (Å²) < 4.78 is 27.3. The molecule has 0 fully saturated rings. The molecular formula is C21H23NO6. The smallest absolute Gasteiger partial charge is 0.235 e. The third-order valence-corrected chi connectivity index (χ3v) is 4.36. The minimum atomic E-state index is -0.262. The number of Topliss-reactive ketones (excluding diaryl/α,β-unsaturated/α-hetero) is 1. The lowest BCUT2D eigenvalue weighted by molar-refractivity contribution is 0.0443. The monoisotopic (exact) mass is 385 g/mol. The van der Waals surface area contributed by atoms with Gasteiger partial charge in [0.1, 0.15) is 22.8 Å². The van der Waals surface area contributed by atoms with E-state index in [1.807, 2.05) is 26.0 Å². The minimum Gasteiger partial charge on any atom is -0.467 e. The summed E-state index contributed by atoms with van der Waals surface area (Å²) in [5.74, 6) is 1.28. The molecule has 3 rings (SSSR count). The van der Waals surface area contributed by atoms with Crippen molar-refractivity contribution in [2.75, 3.05) is 33.5 Å². The van der Waals surface area contributed by atoms with Gasteiger partial charge in [-0.15, -0.1) is 0 Å². The number of hydrogen-bond acceptors (Lipinski definition) is 7. The number of allylic oxidation sites excluding steroid dienone is 1. The predicted molar refractivity (Wildman–Crippen MR) is 105 cm³/mol. The minimum absolute atomic E-state index is 0.00957. The number of anilines is 1. The van der Waals surface area contributed by atoms with Crippen LogP contribution in [0.3, 0.4) is 0 Å². The molecule has 148 valence electrons. The summed E-state index contributed by atoms with van der Waals surface area (Å²) in [7, 11) is 3.05. The first-order valence-corrected chi connectivity index (χ1v) is 8.68. The number of ketones is 1. The molecule has 0 radical (unpaired) electrons. The van der Waals surface area contributed by atoms with Crippen molar-refractivity contribution < 1.29 is 28.5 Å². The largest absolute Gasteiger partial charge is 0.467 e. The third kappa shape index (κ3) is 3.67. The number of nitrogen functional groups attached to an aromatic ring is 1. The van der Waals surface area contributed by atoms with Gasteiger partial charge in [-0.2, -0.15) is 0 Å². The first kappa shape index (κ1) is 19.7. The molecule has 28 heavy (non-hydrogen) atoms. The molecule has 2 aromatic carbocycles. The first-order valence-electron chi connectivity index (χ1n) is 8.68. The van der Waals surface area contributed by atoms with E-state index in [1.165, 1.54) is 14.2 Å². The molecule has 7 nitrogen and oxygen atoms in total. The van der Waals surface area contributed by atoms with Crippen molar-refractivity contribution in [3.05, 3.63) is 52.3 Å². The van der Waals surface area contributed by atoms with Crippen LogP contribution in [0.4, 0.5) is 5.69 Å². The zero-order chi connectivity index (χ0) is 20.3. The van der Waals surface area contributed by atoms with E-state index in [0.717, 1.165) is 5.56 Å². The summed E-state index contributed by atoms with van der Waals surface area (Å²) in [6, 6.07) is 7.15. The number of carbonyl (C=O) groups excluding carboxylic acids is 1. The Balaban J connectivity index is 2.08. The zero-order valence-electron chi connectivity index (χ0n) is 16.3. The van der Waals surface area contributed by atoms with Crippen molar-refractivity contribution >= 4 is 17.5 Å². The molecular weight excluding hydrogens is 362 g/mol. The number of fused-ring (bicyclic) bond motifs is 1. The predicted octanol–water partition coefficient (Wildman–Crippen LogP) is 3.47. The summed E-state index contributed by atoms with van der Waals surface area (Å²) in [6.07, 6.45) is 1.67. The molecule has 7 heteroatoms. The maximum Gasteiger partial charge on any atom is 0.235 e. The van der Waals surface area contributed by atoms with E-state index in [2.05, 4.69) is 0 Å². The fourth-order valence-corrected chi connectivity index (χ4v) is 3.05. The number of carbonyl (C=O) groups is 1. The van der Waals surface area contributed by atoms with Crippen LogP contribution in [-0.4, -0.2) is 33.6 Å². The molecule has 0 aliphatic carbocycles. The lowest BCUT2D eigenvalue weighted by Gasteiger charge is -2.18. The number of hydrogen-bond donors (Lipinski definition) is 1. The van der Waals surface area contributed by atoms with Crippen molar-refractivity contribution in [3.8, 4) is 17.2 Å². The van der Waals surface area contributed by atoms with Crippen molar-refractivity contribution in [2.24, 2.45) is 0 Å². The van der Waals surface area contributed by atoms with Gasteiger partial charge in [0, 0.05) is 31.0 Å². The van der Waals surface area contributed by atoms with Gasteiger partial charge < -0.3 is 29.4 Å². The second-order valence-corrected chi connectivity index (χ2v) is 6.32. The highest BCUT2D eigenvalue weighted by Crippen LogP contribution is 2.48. The Morgan fingerprint density at radius 3 is 2.18 bits per heavy atom. The van der Waals surface area contributed by atoms with E-state index < -0.39 is 0 Å². The molecule has 0 saturated carbocycles. The van der Waals surface area contributed by atoms with E-state index in [9.17, 15) is 4.79 Å². The highest BCUT2D eigenvalue weighted by molar-refractivity contribution is 6.17. The first-order chi connectivity index (χ1) is 13.5. The van der Waals surface area contributed by atoms with Crippen LogP contribution >= 0.6 is 0 Å². The Hall–Kier alpha value is -3.03. The van der Waals surface area contributed by atoms with Gasteiger partial charge >= 0.3 is 0 Å². The molecule has 0 saturated heterocycles. The molecule has 1 heterocycles. The van der Waals surface area contributed by atoms with Crippen LogP contribution in [0, 0.1) is 13.8 Å². The summed E-state index contributed by atoms with van der Waals surface area (Å²) in [5.41, 5.74) is 8.90. The Kier molecular flexibility index (Phi) is 5.87. The molecule has 0 spiro atoms. The maximum atomic E-state index is 13.1. The van der Waals surface area contributed by atoms with Gasteiger partial charge in [-0.1, -0.05) is 12.1 Å². The highest BCUT2D eigenvalue weighted by Gasteiger charge is 2.36. The fraction of sp³-hybridized carbons (Fsp3) is 0.286. The van der Waals surface area contributed by atoms with Gasteiger partial charge in [0.2, 0.25) is 5.78 Å². The summed E-state index contributed by atoms with van der Waals surface area (Å²) in [5, 5.41) is 0. The number of methoxy groups -OCH3 is 2. The quantitative estimate of drug-likeness (QED) is 0.443. The van der Waals surface area contributed by atoms with Crippen LogP contribution < -0.4 is 19.9 Å². The SMILES string of the molecule is COCOc1c(C)c(OCOC)c2c(c1C)O/C(=C\c1ccc(N)cc1)C2=O. The third-order valence-electron chi connectivity index (χ3n) is 4.36. The van der Waals surface area contributed by atoms with Crippen LogP contribution in [0.2, 0.25) is 0 Å². The number of ether oxygens (including phenoxy) is 5. The molecule has 0 aromatic heterocycles. The van der Waals surface area contributed by atoms with Gasteiger partial charge in [0.15, 0.2) is 19.3 Å². The molecule has 0 amide bonds. The lowest BCUT2D eigenvalue weighted by atomic mass is 10.00. The second kappa shape index (κ2) is 8.33. The Bertz CT molecular complexity index is 918. The topological polar surface area (TPSA) is 89.2 Å². The van der Waals surface area contributed by atoms with E-state index in [-0.39, 0.29) is 25.1 Å². The van der Waals surface area contributed by atoms with Crippen molar-refractivity contribution in [2.45, 2.75) is 13.8 Å². The van der Waals surface area contributed by atoms with Gasteiger partial charge in [-0.05, 0) is 37.6 Å². The van der Waals surface area contributed by atoms with Crippen LogP contribution in [-0.2, 0) is 9.47 Å². The lowest BCUT2D eigenvalue weighted by Crippen LogP contribution is -2.09. The number of nitrogens with two attached hydrogens (primary N) is 1. The van der Waals surface area contributed by atoms with Crippen molar-refractivity contribution in [3.63, 3.8) is 0 Å². The standard InChI is InChI=1S/C21H23NO6/c1-12-19(26-10-24-3)13(2)21-17(20(12)27-11-25-4)18(23)16(28-21)9-14-5-7-15(22)8-6-14/h5-9H,10-11,22H2,1-4H3/b16-9-. The van der Waals surface area contributed by atoms with E-state index >= 15 is 0 Å². The highest BCUT2D eigenvalue weighted by atomic mass is 16.7. The average molecular weight is 385 g/mol. The van der Waals surface area contributed by atoms with Crippen LogP contribution in [0.1, 0.15) is 27.0 Å². The Morgan fingerprint density at radius 1 is 0.964 bits per heavy atom. The van der Waals surface area contributed by atoms with E-state index in [0.29, 0.717) is 39.6 Å². The van der Waals surface area contributed by atoms with Crippen LogP contribution in [0.15, 0.2) is 30.0 Å². The van der Waals surface area contributed by atoms with E-state index in [1.54, 1.807) is 18.2 Å². The summed E-state index contributed by atoms with van der Waals surface area (Å²) in [4.78, 5) is 13.1. The molecule has 0 atom stereocenters. The van der Waals surface area contributed by atoms with Gasteiger partial charge in [0.05, 0.1) is 0 Å². The molecule has 1 aliphatic heterocycles. The maximum absolute atomic E-state index is 13.1. The van der Waals surface area contributed by atoms with Gasteiger partial charge in [-0.25, -0.2) is 0 Å². The van der Waals surface area contributed by atoms with Gasteiger partial charge in [0.25, 0.3) is 0 Å². The summed E-state index contributed by atoms with van der Waals surface area (Å²) in [6.45, 7) is 3.70. The van der Waals surface area contributed by atoms with Crippen molar-refractivity contribution in [1.82, 2.24) is 0 Å². The second-order valence-electron chi connectivity index (χ2n) is 6.32. The van der Waals surface area contributed by atoms with Gasteiger partial charge in [-0.3, -0.25) is 4.79 Å². The molecule has 2 N–H and O–H groups in total. The molecule has 0 unspecified atom stereocenters. The zero-order valence-corrected chi connectivity index (χ0v) is 16.3. The Labute approximate surface area is 163 Å². The molecule has 2 aromatic rings. The van der Waals surface area contributed by atoms with Crippen molar-refractivity contribution in [1.29, 1.82) is 0 Å². The number of rotatable bonds is 7. The fourth-order valence-electron chi connectivity index (χ4n) is 3.05. The normalized spacial score (nSPS) is 14.1. The molecule has 0 bridgehead atoms. The van der Waals surface area contributed by atoms with Crippen LogP contribution in [0.25, 0.3) is 6.08 Å². The molecule has 1 aliphatic rings. The Morgan fingerprint density at radius 2 is 1.57 bits per heavy atom. The average Bonchev–Trinajstić information content (AvgIpc) is 3.00. The van der Waals surface area contributed by atoms with E-state index in [4.69, 9.17) is 29.4 Å².